The average molecular weight is 282 g/mol. The molecule has 0 aromatic heterocycles. The van der Waals surface area contributed by atoms with E-state index in [2.05, 4.69) is 26.1 Å². The highest BCUT2D eigenvalue weighted by Gasteiger charge is 2.29. The van der Waals surface area contributed by atoms with Gasteiger partial charge in [0.15, 0.2) is 0 Å². The molecule has 0 amide bonds. The van der Waals surface area contributed by atoms with Crippen LogP contribution in [-0.2, 0) is 0 Å². The summed E-state index contributed by atoms with van der Waals surface area (Å²) >= 11 is 0. The predicted octanol–water partition coefficient (Wildman–Crippen LogP) is 5.93. The molecule has 0 aromatic carbocycles. The van der Waals surface area contributed by atoms with Gasteiger partial charge in [0.2, 0.25) is 0 Å². The van der Waals surface area contributed by atoms with Crippen LogP contribution in [0.2, 0.25) is 0 Å². The largest absolute Gasteiger partial charge is 0.314 e. The molecule has 20 heavy (non-hydrogen) atoms. The Bertz CT molecular complexity index is 214. The van der Waals surface area contributed by atoms with Gasteiger partial charge in [-0.25, -0.2) is 0 Å². The van der Waals surface area contributed by atoms with Crippen molar-refractivity contribution in [2.24, 2.45) is 11.8 Å². The summed E-state index contributed by atoms with van der Waals surface area (Å²) in [6.07, 6.45) is 17.1. The first-order valence-electron chi connectivity index (χ1n) is 9.55. The van der Waals surface area contributed by atoms with Crippen LogP contribution < -0.4 is 5.32 Å². The van der Waals surface area contributed by atoms with Crippen LogP contribution in [0, 0.1) is 11.8 Å². The minimum atomic E-state index is 0.817. The van der Waals surface area contributed by atoms with Gasteiger partial charge in [0, 0.05) is 6.04 Å². The van der Waals surface area contributed by atoms with E-state index in [0.717, 1.165) is 17.9 Å². The molecule has 0 bridgehead atoms. The van der Waals surface area contributed by atoms with Gasteiger partial charge in [0.25, 0.3) is 0 Å². The maximum absolute atomic E-state index is 3.86. The first-order chi connectivity index (χ1) is 9.81. The Morgan fingerprint density at radius 1 is 0.900 bits per heavy atom. The smallest absolute Gasteiger partial charge is 0.00954 e. The lowest BCUT2D eigenvalue weighted by molar-refractivity contribution is 0.320. The van der Waals surface area contributed by atoms with E-state index in [9.17, 15) is 0 Å². The fraction of sp³-hybridized carbons (Fsp3) is 1.00. The summed E-state index contributed by atoms with van der Waals surface area (Å²) < 4.78 is 0. The van der Waals surface area contributed by atoms with Gasteiger partial charge in [-0.05, 0) is 44.1 Å². The quantitative estimate of drug-likeness (QED) is 0.437. The molecule has 0 radical (unpaired) electrons. The van der Waals surface area contributed by atoms with E-state index in [1.54, 1.807) is 0 Å². The van der Waals surface area contributed by atoms with Crippen molar-refractivity contribution >= 4 is 0 Å². The summed E-state index contributed by atoms with van der Waals surface area (Å²) in [4.78, 5) is 0. The van der Waals surface area contributed by atoms with Crippen molar-refractivity contribution in [2.45, 2.75) is 104 Å². The van der Waals surface area contributed by atoms with Crippen molar-refractivity contribution in [3.8, 4) is 0 Å². The lowest BCUT2D eigenvalue weighted by atomic mass is 9.91. The summed E-state index contributed by atoms with van der Waals surface area (Å²) in [6.45, 7) is 8.18. The molecule has 0 aliphatic heterocycles. The van der Waals surface area contributed by atoms with Crippen LogP contribution in [0.15, 0.2) is 0 Å². The van der Waals surface area contributed by atoms with E-state index in [1.165, 1.54) is 83.6 Å². The lowest BCUT2D eigenvalue weighted by Gasteiger charge is -2.25. The molecule has 1 aliphatic carbocycles. The van der Waals surface area contributed by atoms with Gasteiger partial charge in [0.1, 0.15) is 0 Å². The molecule has 1 rings (SSSR count). The van der Waals surface area contributed by atoms with E-state index in [1.807, 2.05) is 0 Å². The van der Waals surface area contributed by atoms with Gasteiger partial charge in [0.05, 0.1) is 0 Å². The lowest BCUT2D eigenvalue weighted by Crippen LogP contribution is -2.35. The highest BCUT2D eigenvalue weighted by molar-refractivity contribution is 4.84. The Balaban J connectivity index is 2.22. The number of unbranched alkanes of at least 4 members (excludes halogenated alkanes) is 5. The molecule has 3 atom stereocenters. The Labute approximate surface area is 128 Å². The van der Waals surface area contributed by atoms with Gasteiger partial charge in [-0.2, -0.15) is 0 Å². The van der Waals surface area contributed by atoms with Crippen molar-refractivity contribution in [2.75, 3.05) is 6.54 Å². The second-order valence-electron chi connectivity index (χ2n) is 6.96. The number of rotatable bonds is 12. The van der Waals surface area contributed by atoms with Gasteiger partial charge in [-0.3, -0.25) is 0 Å². The molecular formula is C19H39N. The average Bonchev–Trinajstić information content (AvgIpc) is 2.94. The summed E-state index contributed by atoms with van der Waals surface area (Å²) in [6, 6.07) is 0.817. The predicted molar refractivity (Wildman–Crippen MR) is 91.2 cm³/mol. The third kappa shape index (κ3) is 7.11. The SMILES string of the molecule is CCCCCCCCC(NCCC)C1CCC(CC)C1. The zero-order chi connectivity index (χ0) is 14.6. The zero-order valence-corrected chi connectivity index (χ0v) is 14.4. The van der Waals surface area contributed by atoms with E-state index in [-0.39, 0.29) is 0 Å². The van der Waals surface area contributed by atoms with Crippen LogP contribution in [0.25, 0.3) is 0 Å². The minimum absolute atomic E-state index is 0.817. The second-order valence-corrected chi connectivity index (χ2v) is 6.96. The Morgan fingerprint density at radius 2 is 1.65 bits per heavy atom. The van der Waals surface area contributed by atoms with Crippen LogP contribution in [0.4, 0.5) is 0 Å². The van der Waals surface area contributed by atoms with Crippen molar-refractivity contribution in [1.29, 1.82) is 0 Å². The number of hydrogen-bond acceptors (Lipinski definition) is 1. The first kappa shape index (κ1) is 18.0. The molecule has 0 saturated heterocycles. The van der Waals surface area contributed by atoms with Gasteiger partial charge < -0.3 is 5.32 Å². The van der Waals surface area contributed by atoms with E-state index in [0.29, 0.717) is 0 Å². The van der Waals surface area contributed by atoms with E-state index in [4.69, 9.17) is 0 Å². The highest BCUT2D eigenvalue weighted by atomic mass is 14.9. The molecule has 1 N–H and O–H groups in total. The Kier molecular flexibility index (Phi) is 10.4. The topological polar surface area (TPSA) is 12.0 Å². The summed E-state index contributed by atoms with van der Waals surface area (Å²) in [5, 5.41) is 3.86. The first-order valence-corrected chi connectivity index (χ1v) is 9.55. The van der Waals surface area contributed by atoms with Gasteiger partial charge >= 0.3 is 0 Å². The van der Waals surface area contributed by atoms with Crippen LogP contribution >= 0.6 is 0 Å². The van der Waals surface area contributed by atoms with Crippen molar-refractivity contribution in [3.63, 3.8) is 0 Å². The molecular weight excluding hydrogens is 242 g/mol. The van der Waals surface area contributed by atoms with E-state index >= 15 is 0 Å². The normalized spacial score (nSPS) is 24.1. The standard InChI is InChI=1S/C19H39N/c1-4-7-8-9-10-11-12-19(20-15-5-2)18-14-13-17(6-3)16-18/h17-20H,4-16H2,1-3H3. The molecule has 3 unspecified atom stereocenters. The maximum atomic E-state index is 3.86. The molecule has 1 aliphatic rings. The molecule has 0 spiro atoms. The number of hydrogen-bond donors (Lipinski definition) is 1. The fourth-order valence-corrected chi connectivity index (χ4v) is 3.83. The molecule has 0 heterocycles. The minimum Gasteiger partial charge on any atom is -0.314 e. The maximum Gasteiger partial charge on any atom is 0.00954 e. The molecule has 0 aromatic rings. The Morgan fingerprint density at radius 3 is 2.30 bits per heavy atom. The second kappa shape index (κ2) is 11.6. The van der Waals surface area contributed by atoms with Crippen LogP contribution in [-0.4, -0.2) is 12.6 Å². The molecule has 1 nitrogen and oxygen atoms in total. The summed E-state index contributed by atoms with van der Waals surface area (Å²) in [5.74, 6) is 2.00. The monoisotopic (exact) mass is 281 g/mol. The van der Waals surface area contributed by atoms with Crippen LogP contribution in [0.3, 0.4) is 0 Å². The molecule has 1 saturated carbocycles. The number of nitrogens with one attached hydrogen (secondary N) is 1. The summed E-state index contributed by atoms with van der Waals surface area (Å²) in [7, 11) is 0. The Hall–Kier alpha value is -0.0400. The van der Waals surface area contributed by atoms with Crippen LogP contribution in [0.5, 0.6) is 0 Å². The van der Waals surface area contributed by atoms with Crippen molar-refractivity contribution < 1.29 is 0 Å². The highest BCUT2D eigenvalue weighted by Crippen LogP contribution is 2.36. The van der Waals surface area contributed by atoms with E-state index < -0.39 is 0 Å². The zero-order valence-electron chi connectivity index (χ0n) is 14.4. The van der Waals surface area contributed by atoms with Crippen LogP contribution in [0.1, 0.15) is 97.8 Å². The summed E-state index contributed by atoms with van der Waals surface area (Å²) in [5.41, 5.74) is 0. The molecule has 1 fully saturated rings. The van der Waals surface area contributed by atoms with Crippen molar-refractivity contribution in [1.82, 2.24) is 5.32 Å². The van der Waals surface area contributed by atoms with Gasteiger partial charge in [-0.15, -0.1) is 0 Å². The fourth-order valence-electron chi connectivity index (χ4n) is 3.83. The third-order valence-corrected chi connectivity index (χ3v) is 5.25. The molecule has 120 valence electrons. The third-order valence-electron chi connectivity index (χ3n) is 5.25. The van der Waals surface area contributed by atoms with Gasteiger partial charge in [-0.1, -0.05) is 72.1 Å². The molecule has 1 heteroatoms. The van der Waals surface area contributed by atoms with Crippen molar-refractivity contribution in [3.05, 3.63) is 0 Å².